The van der Waals surface area contributed by atoms with Crippen molar-refractivity contribution in [2.45, 2.75) is 25.0 Å². The molecule has 0 radical (unpaired) electrons. The van der Waals surface area contributed by atoms with Gasteiger partial charge in [0.25, 0.3) is 0 Å². The summed E-state index contributed by atoms with van der Waals surface area (Å²) < 4.78 is 32.1. The van der Waals surface area contributed by atoms with Gasteiger partial charge in [-0.15, -0.1) is 0 Å². The molecule has 0 saturated carbocycles. The maximum absolute atomic E-state index is 12.7. The standard InChI is InChI=1S/C18H28N4O5S/c1-3-21(4-2)11-10-19-17(23)18(24)20-14-16-22(12-13-27-16)28(25,26)15-8-6-5-7-9-15/h5-9,16H,3-4,10-14H2,1-2H3,(H,19,23)(H,20,24)/p+1/t16-/m0/s1. The lowest BCUT2D eigenvalue weighted by atomic mass is 10.4. The van der Waals surface area contributed by atoms with E-state index in [1.165, 1.54) is 21.3 Å². The van der Waals surface area contributed by atoms with Crippen molar-refractivity contribution in [1.82, 2.24) is 14.9 Å². The fourth-order valence-electron chi connectivity index (χ4n) is 2.97. The van der Waals surface area contributed by atoms with Crippen molar-refractivity contribution in [2.75, 3.05) is 45.9 Å². The Labute approximate surface area is 166 Å². The monoisotopic (exact) mass is 413 g/mol. The van der Waals surface area contributed by atoms with E-state index in [0.29, 0.717) is 6.54 Å². The highest BCUT2D eigenvalue weighted by Gasteiger charge is 2.36. The summed E-state index contributed by atoms with van der Waals surface area (Å²) in [4.78, 5) is 25.4. The van der Waals surface area contributed by atoms with E-state index in [-0.39, 0.29) is 24.6 Å². The van der Waals surface area contributed by atoms with Crippen molar-refractivity contribution >= 4 is 21.8 Å². The number of nitrogens with one attached hydrogen (secondary N) is 3. The molecule has 1 aliphatic rings. The van der Waals surface area contributed by atoms with Gasteiger partial charge in [0.1, 0.15) is 6.23 Å². The first-order valence-corrected chi connectivity index (χ1v) is 10.9. The first-order chi connectivity index (χ1) is 13.4. The van der Waals surface area contributed by atoms with Crippen molar-refractivity contribution in [1.29, 1.82) is 0 Å². The van der Waals surface area contributed by atoms with Gasteiger partial charge in [0.15, 0.2) is 0 Å². The molecule has 1 atom stereocenters. The van der Waals surface area contributed by atoms with Crippen LogP contribution in [-0.2, 0) is 24.3 Å². The van der Waals surface area contributed by atoms with Crippen molar-refractivity contribution < 1.29 is 27.6 Å². The highest BCUT2D eigenvalue weighted by atomic mass is 32.2. The number of carbonyl (C=O) groups excluding carboxylic acids is 2. The first-order valence-electron chi connectivity index (χ1n) is 9.48. The molecule has 1 aliphatic heterocycles. The number of hydrogen-bond donors (Lipinski definition) is 3. The third kappa shape index (κ3) is 5.74. The highest BCUT2D eigenvalue weighted by molar-refractivity contribution is 7.89. The second-order valence-electron chi connectivity index (χ2n) is 6.43. The molecule has 3 N–H and O–H groups in total. The minimum Gasteiger partial charge on any atom is -0.359 e. The second kappa shape index (κ2) is 10.5. The fraction of sp³-hybridized carbons (Fsp3) is 0.556. The van der Waals surface area contributed by atoms with Gasteiger partial charge in [-0.3, -0.25) is 9.59 Å². The highest BCUT2D eigenvalue weighted by Crippen LogP contribution is 2.21. The van der Waals surface area contributed by atoms with Crippen LogP contribution >= 0.6 is 0 Å². The molecule has 0 unspecified atom stereocenters. The van der Waals surface area contributed by atoms with Crippen molar-refractivity contribution in [3.05, 3.63) is 30.3 Å². The Morgan fingerprint density at radius 2 is 1.79 bits per heavy atom. The van der Waals surface area contributed by atoms with E-state index in [4.69, 9.17) is 4.74 Å². The Hall–Kier alpha value is -2.01. The number of ether oxygens (including phenoxy) is 1. The lowest BCUT2D eigenvalue weighted by Crippen LogP contribution is -3.12. The number of benzene rings is 1. The Morgan fingerprint density at radius 1 is 1.14 bits per heavy atom. The van der Waals surface area contributed by atoms with Crippen LogP contribution in [0.3, 0.4) is 0 Å². The molecule has 0 spiro atoms. The number of amides is 2. The lowest BCUT2D eigenvalue weighted by Gasteiger charge is -2.22. The molecular formula is C18H29N4O5S+. The molecule has 156 valence electrons. The van der Waals surface area contributed by atoms with Crippen LogP contribution in [0, 0.1) is 0 Å². The number of quaternary nitrogens is 1. The minimum absolute atomic E-state index is 0.0976. The molecule has 0 bridgehead atoms. The van der Waals surface area contributed by atoms with Gasteiger partial charge < -0.3 is 20.3 Å². The molecule has 28 heavy (non-hydrogen) atoms. The van der Waals surface area contributed by atoms with Gasteiger partial charge in [0, 0.05) is 6.54 Å². The number of hydrogen-bond acceptors (Lipinski definition) is 5. The summed E-state index contributed by atoms with van der Waals surface area (Å²) >= 11 is 0. The SMILES string of the molecule is CC[NH+](CC)CCNC(=O)C(=O)NC[C@@H]1OCCN1S(=O)(=O)c1ccccc1. The van der Waals surface area contributed by atoms with E-state index in [1.54, 1.807) is 18.2 Å². The summed E-state index contributed by atoms with van der Waals surface area (Å²) in [6.45, 7) is 7.47. The molecule has 10 heteroatoms. The summed E-state index contributed by atoms with van der Waals surface area (Å²) in [6.07, 6.45) is -0.845. The summed E-state index contributed by atoms with van der Waals surface area (Å²) in [5.41, 5.74) is 0. The molecule has 9 nitrogen and oxygen atoms in total. The summed E-state index contributed by atoms with van der Waals surface area (Å²) in [7, 11) is -3.73. The maximum atomic E-state index is 12.7. The fourth-order valence-corrected chi connectivity index (χ4v) is 4.50. The van der Waals surface area contributed by atoms with E-state index >= 15 is 0 Å². The second-order valence-corrected chi connectivity index (χ2v) is 8.32. The van der Waals surface area contributed by atoms with E-state index in [2.05, 4.69) is 24.5 Å². The molecule has 0 aromatic heterocycles. The average molecular weight is 414 g/mol. The Balaban J connectivity index is 1.86. The predicted octanol–water partition coefficient (Wildman–Crippen LogP) is -1.81. The predicted molar refractivity (Wildman–Crippen MR) is 103 cm³/mol. The zero-order valence-corrected chi connectivity index (χ0v) is 17.1. The zero-order chi connectivity index (χ0) is 20.6. The summed E-state index contributed by atoms with van der Waals surface area (Å²) in [6, 6.07) is 8.04. The number of rotatable bonds is 9. The Kier molecular flexibility index (Phi) is 8.36. The quantitative estimate of drug-likeness (QED) is 0.414. The van der Waals surface area contributed by atoms with Crippen LogP contribution < -0.4 is 15.5 Å². The molecule has 2 rings (SSSR count). The summed E-state index contributed by atoms with van der Waals surface area (Å²) in [5.74, 6) is -1.54. The topological polar surface area (TPSA) is 109 Å². The van der Waals surface area contributed by atoms with Crippen LogP contribution in [0.25, 0.3) is 0 Å². The van der Waals surface area contributed by atoms with E-state index < -0.39 is 28.1 Å². The molecule has 1 saturated heterocycles. The van der Waals surface area contributed by atoms with Gasteiger partial charge in [-0.05, 0) is 26.0 Å². The van der Waals surface area contributed by atoms with Crippen LogP contribution in [0.2, 0.25) is 0 Å². The van der Waals surface area contributed by atoms with Gasteiger partial charge in [-0.1, -0.05) is 18.2 Å². The van der Waals surface area contributed by atoms with Crippen LogP contribution in [-0.4, -0.2) is 76.6 Å². The maximum Gasteiger partial charge on any atom is 0.309 e. The third-order valence-electron chi connectivity index (χ3n) is 4.70. The smallest absolute Gasteiger partial charge is 0.309 e. The number of sulfonamides is 1. The van der Waals surface area contributed by atoms with Crippen LogP contribution in [0.4, 0.5) is 0 Å². The van der Waals surface area contributed by atoms with Gasteiger partial charge >= 0.3 is 11.8 Å². The normalized spacial score (nSPS) is 17.6. The van der Waals surface area contributed by atoms with Crippen molar-refractivity contribution in [2.24, 2.45) is 0 Å². The van der Waals surface area contributed by atoms with Gasteiger partial charge in [0.2, 0.25) is 10.0 Å². The summed E-state index contributed by atoms with van der Waals surface area (Å²) in [5, 5.41) is 5.03. The van der Waals surface area contributed by atoms with Crippen molar-refractivity contribution in [3.63, 3.8) is 0 Å². The number of nitrogens with zero attached hydrogens (tertiary/aromatic N) is 1. The average Bonchev–Trinajstić information content (AvgIpc) is 3.19. The molecule has 1 heterocycles. The lowest BCUT2D eigenvalue weighted by molar-refractivity contribution is -0.895. The number of likely N-dealkylation sites (N-methyl/N-ethyl adjacent to an activating group) is 1. The van der Waals surface area contributed by atoms with Crippen LogP contribution in [0.15, 0.2) is 35.2 Å². The Bertz CT molecular complexity index is 752. The molecule has 2 amide bonds. The van der Waals surface area contributed by atoms with Crippen LogP contribution in [0.5, 0.6) is 0 Å². The van der Waals surface area contributed by atoms with Gasteiger partial charge in [-0.2, -0.15) is 4.31 Å². The van der Waals surface area contributed by atoms with E-state index in [0.717, 1.165) is 19.6 Å². The van der Waals surface area contributed by atoms with E-state index in [9.17, 15) is 18.0 Å². The largest absolute Gasteiger partial charge is 0.359 e. The molecule has 1 aromatic carbocycles. The number of carbonyl (C=O) groups is 2. The van der Waals surface area contributed by atoms with Gasteiger partial charge in [0.05, 0.1) is 44.2 Å². The molecule has 1 fully saturated rings. The van der Waals surface area contributed by atoms with Gasteiger partial charge in [-0.25, -0.2) is 8.42 Å². The Morgan fingerprint density at radius 3 is 2.43 bits per heavy atom. The first kappa shape index (κ1) is 22.3. The van der Waals surface area contributed by atoms with E-state index in [1.807, 2.05) is 0 Å². The molecule has 1 aromatic rings. The molecular weight excluding hydrogens is 384 g/mol. The van der Waals surface area contributed by atoms with Crippen molar-refractivity contribution in [3.8, 4) is 0 Å². The third-order valence-corrected chi connectivity index (χ3v) is 6.60. The zero-order valence-electron chi connectivity index (χ0n) is 16.3. The van der Waals surface area contributed by atoms with Crippen LogP contribution in [0.1, 0.15) is 13.8 Å². The minimum atomic E-state index is -3.73. The molecule has 0 aliphatic carbocycles.